The van der Waals surface area contributed by atoms with Gasteiger partial charge in [-0.3, -0.25) is 9.78 Å². The van der Waals surface area contributed by atoms with E-state index >= 15 is 0 Å². The number of fused-ring (bicyclic) bond motifs is 6. The maximum absolute atomic E-state index is 12.2. The van der Waals surface area contributed by atoms with Gasteiger partial charge in [0.15, 0.2) is 5.78 Å². The van der Waals surface area contributed by atoms with Crippen LogP contribution in [0, 0.1) is 23.3 Å². The maximum Gasteiger partial charge on any atom is 0.157 e. The van der Waals surface area contributed by atoms with Gasteiger partial charge in [0, 0.05) is 54.2 Å². The van der Waals surface area contributed by atoms with E-state index in [1.165, 1.54) is 39.4 Å². The van der Waals surface area contributed by atoms with Gasteiger partial charge in [-0.15, -0.1) is 35.2 Å². The first kappa shape index (κ1) is 48.4. The van der Waals surface area contributed by atoms with Crippen LogP contribution < -0.4 is 0 Å². The van der Waals surface area contributed by atoms with Gasteiger partial charge in [-0.2, -0.15) is 5.70 Å². The molecule has 1 aliphatic carbocycles. The van der Waals surface area contributed by atoms with Crippen LogP contribution in [0.1, 0.15) is 172 Å². The molecule has 0 aliphatic heterocycles. The molecule has 5 aromatic rings. The number of aromatic nitrogens is 1. The predicted molar refractivity (Wildman–Crippen MR) is 250 cm³/mol. The van der Waals surface area contributed by atoms with Crippen molar-refractivity contribution in [3.63, 3.8) is 0 Å². The third kappa shape index (κ3) is 10.6. The summed E-state index contributed by atoms with van der Waals surface area (Å²) in [6.07, 6.45) is 11.1. The minimum atomic E-state index is -0.0121. The van der Waals surface area contributed by atoms with Crippen LogP contribution in [0.2, 0.25) is 0 Å². The normalized spacial score (nSPS) is 15.4. The quantitative estimate of drug-likeness (QED) is 0.0979. The molecule has 0 bridgehead atoms. The summed E-state index contributed by atoms with van der Waals surface area (Å²) in [5.41, 5.74) is 10.8. The molecule has 0 unspecified atom stereocenters. The summed E-state index contributed by atoms with van der Waals surface area (Å²) in [5, 5.41) is 9.39. The molecule has 0 saturated carbocycles. The van der Waals surface area contributed by atoms with Crippen molar-refractivity contribution in [2.24, 2.45) is 17.3 Å². The van der Waals surface area contributed by atoms with E-state index in [9.17, 15) is 4.79 Å². The first-order chi connectivity index (χ1) is 27.1. The van der Waals surface area contributed by atoms with Gasteiger partial charge in [0.1, 0.15) is 11.2 Å². The van der Waals surface area contributed by atoms with Gasteiger partial charge >= 0.3 is 0 Å². The predicted octanol–water partition coefficient (Wildman–Crippen LogP) is 15.9. The average molecular weight is 975 g/mol. The number of pyridine rings is 1. The van der Waals surface area contributed by atoms with Gasteiger partial charge in [0.25, 0.3) is 0 Å². The third-order valence-electron chi connectivity index (χ3n) is 12.5. The van der Waals surface area contributed by atoms with Crippen LogP contribution in [0.4, 0.5) is 0 Å². The van der Waals surface area contributed by atoms with Crippen molar-refractivity contribution in [1.29, 1.82) is 0 Å². The fraction of sp³-hybridized carbons (Fsp3) is 0.556. The summed E-state index contributed by atoms with van der Waals surface area (Å²) in [4.78, 5) is 17.1. The summed E-state index contributed by atoms with van der Waals surface area (Å²) in [6, 6.07) is 19.4. The van der Waals surface area contributed by atoms with Crippen LogP contribution in [0.3, 0.4) is 0 Å². The zero-order valence-electron chi connectivity index (χ0n) is 39.4. The molecule has 2 aromatic heterocycles. The van der Waals surface area contributed by atoms with E-state index in [4.69, 9.17) is 9.40 Å². The third-order valence-corrected chi connectivity index (χ3v) is 12.5. The largest absolute Gasteiger partial charge is 0.685 e. The Bertz CT molecular complexity index is 2270. The molecule has 323 valence electrons. The summed E-state index contributed by atoms with van der Waals surface area (Å²) < 4.78 is 7.01. The number of benzene rings is 3. The Balaban J connectivity index is 0.000000345. The summed E-state index contributed by atoms with van der Waals surface area (Å²) in [7, 11) is 0. The first-order valence-corrected chi connectivity index (χ1v) is 22.4. The summed E-state index contributed by atoms with van der Waals surface area (Å²) in [6.45, 7) is 36.2. The molecule has 0 N–H and O–H groups in total. The van der Waals surface area contributed by atoms with Crippen molar-refractivity contribution in [1.82, 2.24) is 4.98 Å². The number of rotatable bonds is 11. The second-order valence-corrected chi connectivity index (χ2v) is 20.9. The molecule has 5 heteroatoms. The topological polar surface area (TPSA) is 57.2 Å². The molecule has 59 heavy (non-hydrogen) atoms. The molecule has 6 rings (SSSR count). The number of allylic oxidation sites excluding steroid dienone is 2. The van der Waals surface area contributed by atoms with Crippen molar-refractivity contribution >= 4 is 38.5 Å². The second-order valence-electron chi connectivity index (χ2n) is 20.9. The van der Waals surface area contributed by atoms with Crippen LogP contribution in [0.25, 0.3) is 49.3 Å². The number of carbonyl (C=O) groups excluding carboxylic acids is 1. The van der Waals surface area contributed by atoms with Crippen molar-refractivity contribution in [3.05, 3.63) is 94.1 Å². The Kier molecular flexibility index (Phi) is 15.4. The zero-order chi connectivity index (χ0) is 43.0. The van der Waals surface area contributed by atoms with Crippen molar-refractivity contribution in [2.75, 3.05) is 0 Å². The van der Waals surface area contributed by atoms with Crippen LogP contribution in [-0.4, -0.2) is 16.8 Å². The molecular formula is C54H74IrN2O2-2. The Morgan fingerprint density at radius 1 is 0.814 bits per heavy atom. The average Bonchev–Trinajstić information content (AvgIpc) is 3.51. The summed E-state index contributed by atoms with van der Waals surface area (Å²) >= 11 is 0. The molecular weight excluding hydrogens is 901 g/mol. The molecule has 4 nitrogen and oxygen atoms in total. The standard InChI is InChI=1S/C38H44NO.C16H31NO.Ir/c1-35(2,3)22-25-20-28-27-15-18-39-32(24-19-23-13-11-12-14-26(23)29(21-24)36(4,5)6)34(27)40-33(28)31-30(25)37(7,8)16-17-38(31,9)10;1-7-13(8-2)15(17-12(5)6)11-16(18)14(9-3)10-4;/h11-15,18,20-21H,16-17,22H2,1-10H3;11-14H,7-10H2,1-6H3,(H,17,18);/q-1;;/p-1. The molecule has 0 atom stereocenters. The van der Waals surface area contributed by atoms with Crippen LogP contribution >= 0.6 is 0 Å². The van der Waals surface area contributed by atoms with Crippen molar-refractivity contribution in [3.8, 4) is 11.3 Å². The van der Waals surface area contributed by atoms with Gasteiger partial charge < -0.3 is 9.73 Å². The Hall–Kier alpha value is -3.27. The van der Waals surface area contributed by atoms with Gasteiger partial charge in [0.2, 0.25) is 0 Å². The number of ketones is 1. The van der Waals surface area contributed by atoms with Crippen LogP contribution in [0.5, 0.6) is 0 Å². The zero-order valence-corrected chi connectivity index (χ0v) is 41.8. The fourth-order valence-corrected chi connectivity index (χ4v) is 9.29. The number of nitrogens with zero attached hydrogens (tertiary/aromatic N) is 2. The van der Waals surface area contributed by atoms with Crippen LogP contribution in [0.15, 0.2) is 64.9 Å². The minimum Gasteiger partial charge on any atom is -0.685 e. The molecule has 1 aliphatic rings. The van der Waals surface area contributed by atoms with E-state index in [-0.39, 0.29) is 59.5 Å². The van der Waals surface area contributed by atoms with Crippen LogP contribution in [-0.2, 0) is 47.6 Å². The van der Waals surface area contributed by atoms with Gasteiger partial charge in [-0.25, -0.2) is 0 Å². The second kappa shape index (κ2) is 18.8. The van der Waals surface area contributed by atoms with Gasteiger partial charge in [0.05, 0.1) is 0 Å². The van der Waals surface area contributed by atoms with Crippen molar-refractivity contribution < 1.29 is 29.3 Å². The van der Waals surface area contributed by atoms with Gasteiger partial charge in [-0.1, -0.05) is 153 Å². The molecule has 0 saturated heterocycles. The van der Waals surface area contributed by atoms with Gasteiger partial charge in [-0.05, 0) is 89.0 Å². The molecule has 2 heterocycles. The minimum absolute atomic E-state index is 0. The SMILES string of the molecule is CC(C)(C)Cc1cc2c(oc3c(-c4[c-]c5ccccc5c(C(C)(C)C)c4)nccc32)c2c1C(C)(C)CCC2(C)C.CCC(CC)C(=O)/C=C(\[N-]C(C)C)C(CC)CC.[Ir]. The Morgan fingerprint density at radius 3 is 1.97 bits per heavy atom. The van der Waals surface area contributed by atoms with E-state index in [1.807, 2.05) is 12.3 Å². The monoisotopic (exact) mass is 976 g/mol. The Morgan fingerprint density at radius 2 is 1.41 bits per heavy atom. The smallest absolute Gasteiger partial charge is 0.157 e. The number of furan rings is 1. The number of hydrogen-bond donors (Lipinski definition) is 0. The van der Waals surface area contributed by atoms with E-state index in [2.05, 4.69) is 165 Å². The molecule has 3 aromatic carbocycles. The first-order valence-electron chi connectivity index (χ1n) is 22.4. The Labute approximate surface area is 371 Å². The van der Waals surface area contributed by atoms with E-state index in [0.29, 0.717) is 5.92 Å². The maximum atomic E-state index is 12.2. The molecule has 0 spiro atoms. The number of carbonyl (C=O) groups is 1. The molecule has 1 radical (unpaired) electrons. The van der Waals surface area contributed by atoms with E-state index in [0.717, 1.165) is 77.4 Å². The fourth-order valence-electron chi connectivity index (χ4n) is 9.29. The summed E-state index contributed by atoms with van der Waals surface area (Å²) in [5.74, 6) is 0.841. The van der Waals surface area contributed by atoms with E-state index < -0.39 is 0 Å². The van der Waals surface area contributed by atoms with Crippen molar-refractivity contribution in [2.45, 2.75) is 178 Å². The molecule has 0 amide bonds. The number of hydrogen-bond acceptors (Lipinski definition) is 3. The molecule has 0 fully saturated rings. The van der Waals surface area contributed by atoms with E-state index in [1.54, 1.807) is 0 Å².